The summed E-state index contributed by atoms with van der Waals surface area (Å²) in [6.45, 7) is 4.21. The van der Waals surface area contributed by atoms with Crippen LogP contribution in [0.1, 0.15) is 25.0 Å². The Morgan fingerprint density at radius 1 is 1.03 bits per heavy atom. The number of amides is 1. The van der Waals surface area contributed by atoms with Gasteiger partial charge in [0.05, 0.1) is 32.0 Å². The molecule has 0 bridgehead atoms. The molecule has 1 amide bonds. The number of methoxy groups -OCH3 is 2. The van der Waals surface area contributed by atoms with Crippen molar-refractivity contribution in [3.05, 3.63) is 76.5 Å². The number of hydrogen-bond acceptors (Lipinski definition) is 5. The van der Waals surface area contributed by atoms with Gasteiger partial charge in [-0.25, -0.2) is 4.79 Å². The summed E-state index contributed by atoms with van der Waals surface area (Å²) in [6, 6.07) is 15.3. The monoisotopic (exact) mass is 421 g/mol. The van der Waals surface area contributed by atoms with E-state index in [2.05, 4.69) is 0 Å². The number of para-hydroxylation sites is 1. The molecule has 2 aromatic rings. The average molecular weight is 421 g/mol. The van der Waals surface area contributed by atoms with Crippen LogP contribution in [0.5, 0.6) is 11.5 Å². The molecule has 1 aliphatic rings. The third-order valence-electron chi connectivity index (χ3n) is 5.19. The highest BCUT2D eigenvalue weighted by Gasteiger charge is 2.37. The standard InChI is InChI=1S/C25H27NO5/c1-5-31-25(28)22-17(2)26(15-14-18-10-7-6-8-11-18)24(27)20(22)16-19-12-9-13-21(29-3)23(19)30-4/h6-13,16H,5,14-15H2,1-4H3/b20-16-. The van der Waals surface area contributed by atoms with Crippen molar-refractivity contribution in [3.63, 3.8) is 0 Å². The van der Waals surface area contributed by atoms with Crippen molar-refractivity contribution in [1.82, 2.24) is 4.90 Å². The number of esters is 1. The number of rotatable bonds is 8. The average Bonchev–Trinajstić information content (AvgIpc) is 3.02. The molecule has 0 radical (unpaired) electrons. The van der Waals surface area contributed by atoms with Crippen molar-refractivity contribution in [2.24, 2.45) is 0 Å². The third kappa shape index (κ3) is 4.63. The van der Waals surface area contributed by atoms with Crippen molar-refractivity contribution in [2.45, 2.75) is 20.3 Å². The Morgan fingerprint density at radius 2 is 1.77 bits per heavy atom. The van der Waals surface area contributed by atoms with Gasteiger partial charge in [-0.3, -0.25) is 4.79 Å². The molecule has 0 aliphatic carbocycles. The van der Waals surface area contributed by atoms with Gasteiger partial charge in [-0.15, -0.1) is 0 Å². The summed E-state index contributed by atoms with van der Waals surface area (Å²) < 4.78 is 16.1. The second-order valence-corrected chi connectivity index (χ2v) is 7.01. The van der Waals surface area contributed by atoms with Gasteiger partial charge in [0.15, 0.2) is 11.5 Å². The van der Waals surface area contributed by atoms with E-state index >= 15 is 0 Å². The molecule has 162 valence electrons. The van der Waals surface area contributed by atoms with Crippen molar-refractivity contribution in [2.75, 3.05) is 27.4 Å². The maximum Gasteiger partial charge on any atom is 0.340 e. The van der Waals surface area contributed by atoms with Crippen LogP contribution in [-0.4, -0.2) is 44.1 Å². The van der Waals surface area contributed by atoms with Crippen molar-refractivity contribution >= 4 is 18.0 Å². The third-order valence-corrected chi connectivity index (χ3v) is 5.19. The van der Waals surface area contributed by atoms with Crippen LogP contribution in [0.2, 0.25) is 0 Å². The van der Waals surface area contributed by atoms with Gasteiger partial charge in [0.2, 0.25) is 0 Å². The molecule has 0 unspecified atom stereocenters. The predicted octanol–water partition coefficient (Wildman–Crippen LogP) is 4.01. The topological polar surface area (TPSA) is 65.1 Å². The van der Waals surface area contributed by atoms with Gasteiger partial charge < -0.3 is 19.1 Å². The summed E-state index contributed by atoms with van der Waals surface area (Å²) in [6.07, 6.45) is 2.34. The molecule has 2 aromatic carbocycles. The Morgan fingerprint density at radius 3 is 2.42 bits per heavy atom. The van der Waals surface area contributed by atoms with Crippen LogP contribution < -0.4 is 9.47 Å². The fourth-order valence-electron chi connectivity index (χ4n) is 3.67. The maximum absolute atomic E-state index is 13.4. The fraction of sp³-hybridized carbons (Fsp3) is 0.280. The van der Waals surface area contributed by atoms with E-state index in [-0.39, 0.29) is 23.7 Å². The number of ether oxygens (including phenoxy) is 3. The van der Waals surface area contributed by atoms with Crippen LogP contribution in [0.25, 0.3) is 6.08 Å². The lowest BCUT2D eigenvalue weighted by Crippen LogP contribution is -2.27. The molecule has 1 heterocycles. The quantitative estimate of drug-likeness (QED) is 0.476. The van der Waals surface area contributed by atoms with Crippen molar-refractivity contribution in [1.29, 1.82) is 0 Å². The Labute approximate surface area is 182 Å². The van der Waals surface area contributed by atoms with E-state index in [4.69, 9.17) is 14.2 Å². The first kappa shape index (κ1) is 22.2. The van der Waals surface area contributed by atoms with Crippen LogP contribution in [0, 0.1) is 0 Å². The zero-order chi connectivity index (χ0) is 22.4. The van der Waals surface area contributed by atoms with Crippen LogP contribution >= 0.6 is 0 Å². The van der Waals surface area contributed by atoms with Crippen LogP contribution in [0.3, 0.4) is 0 Å². The second kappa shape index (κ2) is 9.98. The molecule has 0 N–H and O–H groups in total. The molecule has 6 heteroatoms. The molecule has 0 atom stereocenters. The Bertz CT molecular complexity index is 1020. The molecule has 6 nitrogen and oxygen atoms in total. The SMILES string of the molecule is CCOC(=O)C1=C(C)N(CCc2ccccc2)C(=O)/C1=C\c1cccc(OC)c1OC. The van der Waals surface area contributed by atoms with E-state index in [1.807, 2.05) is 36.4 Å². The number of nitrogens with zero attached hydrogens (tertiary/aromatic N) is 1. The van der Waals surface area contributed by atoms with E-state index in [0.29, 0.717) is 35.7 Å². The Kier molecular flexibility index (Phi) is 7.13. The Hall–Kier alpha value is -3.54. The first-order valence-corrected chi connectivity index (χ1v) is 10.2. The zero-order valence-electron chi connectivity index (χ0n) is 18.3. The van der Waals surface area contributed by atoms with Gasteiger partial charge in [0.25, 0.3) is 5.91 Å². The highest BCUT2D eigenvalue weighted by Crippen LogP contribution is 2.36. The summed E-state index contributed by atoms with van der Waals surface area (Å²) in [5.41, 5.74) is 2.92. The largest absolute Gasteiger partial charge is 0.493 e. The van der Waals surface area contributed by atoms with Gasteiger partial charge in [0.1, 0.15) is 0 Å². The van der Waals surface area contributed by atoms with Gasteiger partial charge in [0, 0.05) is 17.8 Å². The first-order chi connectivity index (χ1) is 15.0. The molecule has 0 saturated carbocycles. The summed E-state index contributed by atoms with van der Waals surface area (Å²) in [5.74, 6) is 0.292. The fourth-order valence-corrected chi connectivity index (χ4v) is 3.67. The molecule has 0 spiro atoms. The van der Waals surface area contributed by atoms with Gasteiger partial charge in [-0.1, -0.05) is 42.5 Å². The Balaban J connectivity index is 2.01. The van der Waals surface area contributed by atoms with Crippen LogP contribution in [-0.2, 0) is 20.7 Å². The number of carbonyl (C=O) groups excluding carboxylic acids is 2. The van der Waals surface area contributed by atoms with Gasteiger partial charge in [-0.2, -0.15) is 0 Å². The van der Waals surface area contributed by atoms with E-state index in [1.54, 1.807) is 44.1 Å². The maximum atomic E-state index is 13.4. The lowest BCUT2D eigenvalue weighted by atomic mass is 10.0. The minimum absolute atomic E-state index is 0.226. The highest BCUT2D eigenvalue weighted by atomic mass is 16.5. The summed E-state index contributed by atoms with van der Waals surface area (Å²) >= 11 is 0. The predicted molar refractivity (Wildman–Crippen MR) is 119 cm³/mol. The van der Waals surface area contributed by atoms with Gasteiger partial charge >= 0.3 is 5.97 Å². The van der Waals surface area contributed by atoms with Crippen LogP contribution in [0.15, 0.2) is 65.4 Å². The number of carbonyl (C=O) groups is 2. The van der Waals surface area contributed by atoms with Gasteiger partial charge in [-0.05, 0) is 38.0 Å². The van der Waals surface area contributed by atoms with Crippen LogP contribution in [0.4, 0.5) is 0 Å². The summed E-state index contributed by atoms with van der Waals surface area (Å²) in [5, 5.41) is 0. The molecular formula is C25H27NO5. The number of allylic oxidation sites excluding steroid dienone is 1. The lowest BCUT2D eigenvalue weighted by molar-refractivity contribution is -0.138. The minimum atomic E-state index is -0.510. The second-order valence-electron chi connectivity index (χ2n) is 7.01. The van der Waals surface area contributed by atoms with Crippen molar-refractivity contribution in [3.8, 4) is 11.5 Å². The first-order valence-electron chi connectivity index (χ1n) is 10.2. The molecule has 31 heavy (non-hydrogen) atoms. The van der Waals surface area contributed by atoms with Crippen molar-refractivity contribution < 1.29 is 23.8 Å². The number of hydrogen-bond donors (Lipinski definition) is 0. The molecular weight excluding hydrogens is 394 g/mol. The molecule has 1 aliphatic heterocycles. The summed E-state index contributed by atoms with van der Waals surface area (Å²) in [7, 11) is 3.09. The zero-order valence-corrected chi connectivity index (χ0v) is 18.3. The highest BCUT2D eigenvalue weighted by molar-refractivity contribution is 6.16. The lowest BCUT2D eigenvalue weighted by Gasteiger charge is -2.18. The molecule has 3 rings (SSSR count). The minimum Gasteiger partial charge on any atom is -0.493 e. The van der Waals surface area contributed by atoms with E-state index in [9.17, 15) is 9.59 Å². The normalized spacial score (nSPS) is 14.9. The number of benzene rings is 2. The molecule has 0 saturated heterocycles. The molecule has 0 aromatic heterocycles. The van der Waals surface area contributed by atoms with E-state index < -0.39 is 5.97 Å². The summed E-state index contributed by atoms with van der Waals surface area (Å²) in [4.78, 5) is 27.7. The smallest absolute Gasteiger partial charge is 0.340 e. The molecule has 0 fully saturated rings. The van der Waals surface area contributed by atoms with E-state index in [1.165, 1.54) is 7.11 Å². The van der Waals surface area contributed by atoms with E-state index in [0.717, 1.165) is 5.56 Å².